The first-order valence-electron chi connectivity index (χ1n) is 8.67. The van der Waals surface area contributed by atoms with E-state index in [-0.39, 0.29) is 0 Å². The first kappa shape index (κ1) is 14.6. The fourth-order valence-electron chi connectivity index (χ4n) is 3.88. The molecule has 2 heterocycles. The molecule has 21 heavy (non-hydrogen) atoms. The highest BCUT2D eigenvalue weighted by atomic mass is 15.2. The van der Waals surface area contributed by atoms with Crippen molar-refractivity contribution >= 4 is 11.6 Å². The molecular formula is C17H28N4. The van der Waals surface area contributed by atoms with Crippen LogP contribution in [0.15, 0.2) is 6.07 Å². The summed E-state index contributed by atoms with van der Waals surface area (Å²) in [5, 5.41) is 3.34. The van der Waals surface area contributed by atoms with Gasteiger partial charge in [0.1, 0.15) is 17.5 Å². The number of anilines is 2. The van der Waals surface area contributed by atoms with E-state index in [1.807, 2.05) is 0 Å². The maximum atomic E-state index is 4.77. The maximum Gasteiger partial charge on any atom is 0.134 e. The Kier molecular flexibility index (Phi) is 4.61. The summed E-state index contributed by atoms with van der Waals surface area (Å²) in [6.07, 6.45) is 7.96. The van der Waals surface area contributed by atoms with Crippen molar-refractivity contribution in [3.8, 4) is 0 Å². The van der Waals surface area contributed by atoms with Crippen LogP contribution < -0.4 is 10.2 Å². The van der Waals surface area contributed by atoms with Crippen LogP contribution in [0.1, 0.15) is 51.8 Å². The normalized spacial score (nSPS) is 25.5. The molecule has 1 aliphatic carbocycles. The third-order valence-electron chi connectivity index (χ3n) is 5.05. The highest BCUT2D eigenvalue weighted by Gasteiger charge is 2.31. The van der Waals surface area contributed by atoms with E-state index < -0.39 is 0 Å². The molecule has 1 aromatic rings. The second-order valence-electron chi connectivity index (χ2n) is 6.45. The van der Waals surface area contributed by atoms with Crippen molar-refractivity contribution in [1.82, 2.24) is 9.97 Å². The number of hydrogen-bond acceptors (Lipinski definition) is 4. The van der Waals surface area contributed by atoms with Gasteiger partial charge >= 0.3 is 0 Å². The largest absolute Gasteiger partial charge is 0.370 e. The molecule has 0 bridgehead atoms. The fourth-order valence-corrected chi connectivity index (χ4v) is 3.88. The van der Waals surface area contributed by atoms with Crippen LogP contribution in [0.4, 0.5) is 11.6 Å². The fraction of sp³-hybridized carbons (Fsp3) is 0.765. The van der Waals surface area contributed by atoms with Gasteiger partial charge in [-0.25, -0.2) is 9.97 Å². The van der Waals surface area contributed by atoms with Gasteiger partial charge in [0.25, 0.3) is 0 Å². The van der Waals surface area contributed by atoms with E-state index in [4.69, 9.17) is 4.98 Å². The predicted molar refractivity (Wildman–Crippen MR) is 87.9 cm³/mol. The average Bonchev–Trinajstić information content (AvgIpc) is 2.54. The number of hydrogen-bond donors (Lipinski definition) is 1. The number of nitrogens with one attached hydrogen (secondary N) is 1. The van der Waals surface area contributed by atoms with E-state index in [1.54, 1.807) is 0 Å². The second-order valence-corrected chi connectivity index (χ2v) is 6.45. The summed E-state index contributed by atoms with van der Waals surface area (Å²) >= 11 is 0. The van der Waals surface area contributed by atoms with Crippen molar-refractivity contribution < 1.29 is 0 Å². The molecule has 2 fully saturated rings. The summed E-state index contributed by atoms with van der Waals surface area (Å²) in [5.74, 6) is 4.91. The van der Waals surface area contributed by atoms with Crippen LogP contribution in [0.5, 0.6) is 0 Å². The molecule has 2 atom stereocenters. The van der Waals surface area contributed by atoms with Gasteiger partial charge in [-0.2, -0.15) is 0 Å². The number of fused-ring (bicyclic) bond motifs is 1. The van der Waals surface area contributed by atoms with Gasteiger partial charge in [0, 0.05) is 32.1 Å². The molecule has 1 aromatic heterocycles. The van der Waals surface area contributed by atoms with E-state index in [2.05, 4.69) is 35.1 Å². The van der Waals surface area contributed by atoms with Gasteiger partial charge in [-0.15, -0.1) is 0 Å². The van der Waals surface area contributed by atoms with E-state index in [9.17, 15) is 0 Å². The summed E-state index contributed by atoms with van der Waals surface area (Å²) in [6.45, 7) is 7.50. The van der Waals surface area contributed by atoms with Gasteiger partial charge < -0.3 is 10.2 Å². The van der Waals surface area contributed by atoms with Crippen LogP contribution in [0.25, 0.3) is 0 Å². The Balaban J connectivity index is 1.77. The summed E-state index contributed by atoms with van der Waals surface area (Å²) < 4.78 is 0. The molecule has 116 valence electrons. The lowest BCUT2D eigenvalue weighted by molar-refractivity contribution is 0.202. The first-order chi connectivity index (χ1) is 10.3. The lowest BCUT2D eigenvalue weighted by Crippen LogP contribution is -2.42. The highest BCUT2D eigenvalue weighted by Crippen LogP contribution is 2.37. The van der Waals surface area contributed by atoms with E-state index in [0.29, 0.717) is 0 Å². The van der Waals surface area contributed by atoms with Crippen LogP contribution in [-0.4, -0.2) is 29.6 Å². The molecule has 4 heteroatoms. The van der Waals surface area contributed by atoms with E-state index in [1.165, 1.54) is 38.6 Å². The van der Waals surface area contributed by atoms with Crippen molar-refractivity contribution in [3.63, 3.8) is 0 Å². The Labute approximate surface area is 128 Å². The maximum absolute atomic E-state index is 4.77. The molecular weight excluding hydrogens is 260 g/mol. The quantitative estimate of drug-likeness (QED) is 0.921. The van der Waals surface area contributed by atoms with Gasteiger partial charge in [-0.05, 0) is 31.6 Å². The second kappa shape index (κ2) is 6.63. The van der Waals surface area contributed by atoms with E-state index >= 15 is 0 Å². The molecule has 2 aliphatic rings. The minimum atomic E-state index is 0.884. The van der Waals surface area contributed by atoms with Crippen molar-refractivity contribution in [2.45, 2.75) is 52.4 Å². The average molecular weight is 288 g/mol. The van der Waals surface area contributed by atoms with Crippen molar-refractivity contribution in [2.24, 2.45) is 11.8 Å². The lowest BCUT2D eigenvalue weighted by Gasteiger charge is -2.41. The van der Waals surface area contributed by atoms with Crippen molar-refractivity contribution in [2.75, 3.05) is 29.9 Å². The molecule has 1 N–H and O–H groups in total. The Morgan fingerprint density at radius 3 is 2.71 bits per heavy atom. The summed E-state index contributed by atoms with van der Waals surface area (Å²) in [6, 6.07) is 2.13. The summed E-state index contributed by atoms with van der Waals surface area (Å²) in [7, 11) is 0. The number of aromatic nitrogens is 2. The molecule has 0 radical (unpaired) electrons. The molecule has 2 unspecified atom stereocenters. The van der Waals surface area contributed by atoms with Gasteiger partial charge in [0.2, 0.25) is 0 Å². The van der Waals surface area contributed by atoms with Crippen molar-refractivity contribution in [1.29, 1.82) is 0 Å². The van der Waals surface area contributed by atoms with Crippen molar-refractivity contribution in [3.05, 3.63) is 11.9 Å². The molecule has 0 amide bonds. The molecule has 3 rings (SSSR count). The Morgan fingerprint density at radius 2 is 1.95 bits per heavy atom. The smallest absolute Gasteiger partial charge is 0.134 e. The Morgan fingerprint density at radius 1 is 1.14 bits per heavy atom. The standard InChI is InChI=1S/C17H28N4/c1-3-15-19-16(18-4-2)11-17(20-15)21-10-9-13-7-5-6-8-14(13)12-21/h11,13-14H,3-10,12H2,1-2H3,(H,18,19,20). The molecule has 1 aliphatic heterocycles. The van der Waals surface area contributed by atoms with E-state index in [0.717, 1.165) is 48.8 Å². The Hall–Kier alpha value is -1.32. The molecule has 1 saturated heterocycles. The first-order valence-corrected chi connectivity index (χ1v) is 8.67. The minimum Gasteiger partial charge on any atom is -0.370 e. The van der Waals surface area contributed by atoms with Gasteiger partial charge in [-0.3, -0.25) is 0 Å². The highest BCUT2D eigenvalue weighted by molar-refractivity contribution is 5.49. The van der Waals surface area contributed by atoms with Gasteiger partial charge in [-0.1, -0.05) is 26.2 Å². The Bertz CT molecular complexity index is 474. The van der Waals surface area contributed by atoms with Crippen LogP contribution in [0.2, 0.25) is 0 Å². The topological polar surface area (TPSA) is 41.0 Å². The van der Waals surface area contributed by atoms with Crippen LogP contribution in [0.3, 0.4) is 0 Å². The molecule has 1 saturated carbocycles. The SMILES string of the molecule is CCNc1cc(N2CCC3CCCCC3C2)nc(CC)n1. The molecule has 0 aromatic carbocycles. The number of nitrogens with zero attached hydrogens (tertiary/aromatic N) is 3. The summed E-state index contributed by atoms with van der Waals surface area (Å²) in [5.41, 5.74) is 0. The van der Waals surface area contributed by atoms with Crippen LogP contribution in [-0.2, 0) is 6.42 Å². The zero-order chi connectivity index (χ0) is 14.7. The molecule has 4 nitrogen and oxygen atoms in total. The third-order valence-corrected chi connectivity index (χ3v) is 5.05. The van der Waals surface area contributed by atoms with Crippen LogP contribution >= 0.6 is 0 Å². The summed E-state index contributed by atoms with van der Waals surface area (Å²) in [4.78, 5) is 11.8. The zero-order valence-electron chi connectivity index (χ0n) is 13.4. The van der Waals surface area contributed by atoms with Gasteiger partial charge in [0.15, 0.2) is 0 Å². The molecule has 0 spiro atoms. The predicted octanol–water partition coefficient (Wildman–Crippen LogP) is 3.49. The third kappa shape index (κ3) is 3.30. The number of piperidine rings is 1. The lowest BCUT2D eigenvalue weighted by atomic mass is 9.75. The number of rotatable bonds is 4. The minimum absolute atomic E-state index is 0.884. The zero-order valence-corrected chi connectivity index (χ0v) is 13.4. The number of aryl methyl sites for hydroxylation is 1. The van der Waals surface area contributed by atoms with Gasteiger partial charge in [0.05, 0.1) is 0 Å². The monoisotopic (exact) mass is 288 g/mol. The van der Waals surface area contributed by atoms with Crippen LogP contribution in [0, 0.1) is 11.8 Å².